The Morgan fingerprint density at radius 1 is 1.03 bits per heavy atom. The van der Waals surface area contributed by atoms with Gasteiger partial charge in [0.25, 0.3) is 0 Å². The van der Waals surface area contributed by atoms with Crippen LogP contribution in [0.3, 0.4) is 0 Å². The third-order valence-electron chi connectivity index (χ3n) is 6.75. The van der Waals surface area contributed by atoms with Crippen molar-refractivity contribution in [2.45, 2.75) is 56.7 Å². The van der Waals surface area contributed by atoms with Crippen LogP contribution in [0.4, 0.5) is 4.39 Å². The molecule has 0 aliphatic carbocycles. The molecule has 0 saturated carbocycles. The van der Waals surface area contributed by atoms with Crippen LogP contribution in [0.2, 0.25) is 0 Å². The van der Waals surface area contributed by atoms with Gasteiger partial charge >= 0.3 is 0 Å². The molecule has 4 rings (SSSR count). The molecule has 2 N–H and O–H groups in total. The monoisotopic (exact) mass is 419 g/mol. The van der Waals surface area contributed by atoms with Crippen LogP contribution in [0.1, 0.15) is 38.5 Å². The van der Waals surface area contributed by atoms with Crippen LogP contribution in [0.25, 0.3) is 0 Å². The number of carbonyl (C=O) groups is 1. The van der Waals surface area contributed by atoms with Gasteiger partial charge in [-0.05, 0) is 37.8 Å². The van der Waals surface area contributed by atoms with Gasteiger partial charge in [-0.15, -0.1) is 0 Å². The number of carbonyl (C=O) groups excluding carboxylic acids is 1. The molecular formula is C23H34FN3O3. The van der Waals surface area contributed by atoms with Crippen molar-refractivity contribution in [1.29, 1.82) is 0 Å². The van der Waals surface area contributed by atoms with Crippen LogP contribution in [-0.2, 0) is 9.53 Å². The third-order valence-corrected chi connectivity index (χ3v) is 6.75. The summed E-state index contributed by atoms with van der Waals surface area (Å²) in [4.78, 5) is 17.7. The Morgan fingerprint density at radius 3 is 2.50 bits per heavy atom. The molecule has 0 aromatic heterocycles. The van der Waals surface area contributed by atoms with E-state index in [0.29, 0.717) is 24.9 Å². The molecule has 3 aliphatic rings. The van der Waals surface area contributed by atoms with Gasteiger partial charge < -0.3 is 20.1 Å². The molecule has 1 aromatic carbocycles. The minimum Gasteiger partial charge on any atom is -0.487 e. The summed E-state index contributed by atoms with van der Waals surface area (Å²) in [6.45, 7) is 4.58. The van der Waals surface area contributed by atoms with Gasteiger partial charge in [-0.25, -0.2) is 4.39 Å². The quantitative estimate of drug-likeness (QED) is 0.812. The van der Waals surface area contributed by atoms with E-state index in [2.05, 4.69) is 4.90 Å². The van der Waals surface area contributed by atoms with Gasteiger partial charge in [0.2, 0.25) is 5.91 Å². The van der Waals surface area contributed by atoms with Crippen molar-refractivity contribution in [1.82, 2.24) is 9.80 Å². The molecule has 166 valence electrons. The number of hydrogen-bond acceptors (Lipinski definition) is 5. The van der Waals surface area contributed by atoms with E-state index in [1.807, 2.05) is 4.90 Å². The number of likely N-dealkylation sites (tertiary alicyclic amines) is 2. The largest absolute Gasteiger partial charge is 0.487 e. The van der Waals surface area contributed by atoms with E-state index in [-0.39, 0.29) is 29.8 Å². The number of amides is 1. The predicted octanol–water partition coefficient (Wildman–Crippen LogP) is 2.41. The lowest BCUT2D eigenvalue weighted by Crippen LogP contribution is -2.49. The lowest BCUT2D eigenvalue weighted by Gasteiger charge is -2.37. The van der Waals surface area contributed by atoms with Gasteiger partial charge in [-0.1, -0.05) is 12.1 Å². The second-order valence-corrected chi connectivity index (χ2v) is 8.90. The van der Waals surface area contributed by atoms with Crippen LogP contribution >= 0.6 is 0 Å². The summed E-state index contributed by atoms with van der Waals surface area (Å²) in [5.41, 5.74) is 6.33. The number of nitrogens with two attached hydrogens (primary N) is 1. The maximum absolute atomic E-state index is 13.8. The molecule has 2 atom stereocenters. The van der Waals surface area contributed by atoms with E-state index in [4.69, 9.17) is 15.2 Å². The van der Waals surface area contributed by atoms with Gasteiger partial charge in [0.05, 0.1) is 5.92 Å². The zero-order valence-electron chi connectivity index (χ0n) is 17.7. The zero-order valence-corrected chi connectivity index (χ0v) is 17.7. The second-order valence-electron chi connectivity index (χ2n) is 8.90. The summed E-state index contributed by atoms with van der Waals surface area (Å²) in [6.07, 6.45) is 5.20. The molecule has 1 amide bonds. The Hall–Kier alpha value is -1.70. The molecule has 3 heterocycles. The molecule has 7 heteroatoms. The maximum atomic E-state index is 13.8. The van der Waals surface area contributed by atoms with Gasteiger partial charge in [0.15, 0.2) is 11.6 Å². The van der Waals surface area contributed by atoms with Gasteiger partial charge in [-0.3, -0.25) is 9.69 Å². The van der Waals surface area contributed by atoms with E-state index in [1.54, 1.807) is 18.2 Å². The SMILES string of the molecule is N[C@H]1CC[C@@H](C(=O)N2CCC(Oc3ccccc3F)CC2)CN(C2CCOCC2)C1. The lowest BCUT2D eigenvalue weighted by molar-refractivity contribution is -0.138. The van der Waals surface area contributed by atoms with Crippen molar-refractivity contribution < 1.29 is 18.7 Å². The van der Waals surface area contributed by atoms with Crippen molar-refractivity contribution >= 4 is 5.91 Å². The van der Waals surface area contributed by atoms with E-state index in [0.717, 1.165) is 64.8 Å². The minimum atomic E-state index is -0.334. The van der Waals surface area contributed by atoms with Crippen LogP contribution in [-0.4, -0.2) is 73.3 Å². The molecule has 3 aliphatic heterocycles. The summed E-state index contributed by atoms with van der Waals surface area (Å²) in [6, 6.07) is 7.11. The summed E-state index contributed by atoms with van der Waals surface area (Å²) in [5, 5.41) is 0. The Bertz CT molecular complexity index is 705. The number of para-hydroxylation sites is 1. The first-order valence-electron chi connectivity index (χ1n) is 11.4. The van der Waals surface area contributed by atoms with Gasteiger partial charge in [-0.2, -0.15) is 0 Å². The van der Waals surface area contributed by atoms with Crippen molar-refractivity contribution in [2.75, 3.05) is 39.4 Å². The summed E-state index contributed by atoms with van der Waals surface area (Å²) >= 11 is 0. The van der Waals surface area contributed by atoms with E-state index >= 15 is 0 Å². The minimum absolute atomic E-state index is 0.00503. The normalized spacial score (nSPS) is 27.6. The number of nitrogens with zero attached hydrogens (tertiary/aromatic N) is 2. The predicted molar refractivity (Wildman–Crippen MR) is 113 cm³/mol. The first kappa shape index (κ1) is 21.5. The summed E-state index contributed by atoms with van der Waals surface area (Å²) in [5.74, 6) is 0.210. The fraction of sp³-hybridized carbons (Fsp3) is 0.696. The Balaban J connectivity index is 1.32. The number of piperidine rings is 1. The number of hydrogen-bond donors (Lipinski definition) is 1. The van der Waals surface area contributed by atoms with Crippen molar-refractivity contribution in [3.8, 4) is 5.75 Å². The van der Waals surface area contributed by atoms with Crippen molar-refractivity contribution in [3.05, 3.63) is 30.1 Å². The number of benzene rings is 1. The molecule has 30 heavy (non-hydrogen) atoms. The van der Waals surface area contributed by atoms with Crippen molar-refractivity contribution in [3.63, 3.8) is 0 Å². The molecule has 3 fully saturated rings. The highest BCUT2D eigenvalue weighted by Gasteiger charge is 2.35. The van der Waals surface area contributed by atoms with Crippen LogP contribution < -0.4 is 10.5 Å². The molecule has 6 nitrogen and oxygen atoms in total. The molecular weight excluding hydrogens is 385 g/mol. The third kappa shape index (κ3) is 5.31. The Kier molecular flexibility index (Phi) is 7.23. The Morgan fingerprint density at radius 2 is 1.77 bits per heavy atom. The highest BCUT2D eigenvalue weighted by molar-refractivity contribution is 5.79. The fourth-order valence-electron chi connectivity index (χ4n) is 4.98. The molecule has 0 unspecified atom stereocenters. The zero-order chi connectivity index (χ0) is 20.9. The van der Waals surface area contributed by atoms with E-state index in [1.165, 1.54) is 6.07 Å². The Labute approximate surface area is 178 Å². The highest BCUT2D eigenvalue weighted by Crippen LogP contribution is 2.26. The first-order valence-corrected chi connectivity index (χ1v) is 11.4. The van der Waals surface area contributed by atoms with Gasteiger partial charge in [0.1, 0.15) is 6.10 Å². The fourth-order valence-corrected chi connectivity index (χ4v) is 4.98. The summed E-state index contributed by atoms with van der Waals surface area (Å²) in [7, 11) is 0. The summed E-state index contributed by atoms with van der Waals surface area (Å²) < 4.78 is 25.2. The van der Waals surface area contributed by atoms with Gasteiger partial charge in [0, 0.05) is 64.3 Å². The second kappa shape index (κ2) is 10.1. The molecule has 0 spiro atoms. The first-order chi connectivity index (χ1) is 14.6. The van der Waals surface area contributed by atoms with Crippen LogP contribution in [0.15, 0.2) is 24.3 Å². The number of rotatable bonds is 4. The van der Waals surface area contributed by atoms with E-state index in [9.17, 15) is 9.18 Å². The molecule has 1 aromatic rings. The number of halogens is 1. The average Bonchev–Trinajstić information content (AvgIpc) is 2.98. The van der Waals surface area contributed by atoms with Crippen LogP contribution in [0, 0.1) is 11.7 Å². The molecule has 0 radical (unpaired) electrons. The smallest absolute Gasteiger partial charge is 0.226 e. The number of ether oxygens (including phenoxy) is 2. The maximum Gasteiger partial charge on any atom is 0.226 e. The van der Waals surface area contributed by atoms with Crippen LogP contribution in [0.5, 0.6) is 5.75 Å². The molecule has 0 bridgehead atoms. The highest BCUT2D eigenvalue weighted by atomic mass is 19.1. The standard InChI is InChI=1S/C23H34FN3O3/c24-21-3-1-2-4-22(21)30-20-7-11-26(12-8-20)23(28)17-5-6-18(25)16-27(15-17)19-9-13-29-14-10-19/h1-4,17-20H,5-16,25H2/t17-,18+/m1/s1. The van der Waals surface area contributed by atoms with Crippen molar-refractivity contribution in [2.24, 2.45) is 11.7 Å². The van der Waals surface area contributed by atoms with E-state index < -0.39 is 0 Å². The average molecular weight is 420 g/mol. The molecule has 3 saturated heterocycles. The lowest BCUT2D eigenvalue weighted by atomic mass is 9.98. The topological polar surface area (TPSA) is 68.0 Å².